The van der Waals surface area contributed by atoms with Crippen molar-refractivity contribution in [2.24, 2.45) is 0 Å². The van der Waals surface area contributed by atoms with Gasteiger partial charge < -0.3 is 14.6 Å². The molecule has 20 heavy (non-hydrogen) atoms. The van der Waals surface area contributed by atoms with Crippen LogP contribution in [0.15, 0.2) is 42.5 Å². The van der Waals surface area contributed by atoms with Crippen LogP contribution in [0.3, 0.4) is 0 Å². The molecule has 0 bridgehead atoms. The zero-order chi connectivity index (χ0) is 14.6. The molecule has 1 aromatic heterocycles. The zero-order valence-corrected chi connectivity index (χ0v) is 10.1. The van der Waals surface area contributed by atoms with Crippen LogP contribution in [-0.4, -0.2) is 16.5 Å². The highest BCUT2D eigenvalue weighted by molar-refractivity contribution is 5.41. The van der Waals surface area contributed by atoms with Gasteiger partial charge in [0.25, 0.3) is 0 Å². The first kappa shape index (κ1) is 14.1. The number of halogens is 3. The van der Waals surface area contributed by atoms with E-state index >= 15 is 0 Å². The molecular weight excluding hydrogens is 275 g/mol. The number of aliphatic hydroxyl groups is 1. The van der Waals surface area contributed by atoms with E-state index in [4.69, 9.17) is 9.84 Å². The van der Waals surface area contributed by atoms with E-state index in [1.807, 2.05) is 0 Å². The number of hydrogen-bond donors (Lipinski definition) is 1. The van der Waals surface area contributed by atoms with Crippen molar-refractivity contribution in [2.45, 2.75) is 13.0 Å². The van der Waals surface area contributed by atoms with Gasteiger partial charge in [-0.1, -0.05) is 18.2 Å². The quantitative estimate of drug-likeness (QED) is 0.936. The Kier molecular flexibility index (Phi) is 4.09. The normalized spacial score (nSPS) is 11.2. The van der Waals surface area contributed by atoms with Crippen LogP contribution < -0.4 is 9.47 Å². The highest BCUT2D eigenvalue weighted by Crippen LogP contribution is 2.34. The average Bonchev–Trinajstić information content (AvgIpc) is 2.40. The first-order valence-electron chi connectivity index (χ1n) is 5.57. The molecule has 0 spiro atoms. The fourth-order valence-electron chi connectivity index (χ4n) is 1.46. The summed E-state index contributed by atoms with van der Waals surface area (Å²) in [4.78, 5) is 3.92. The van der Waals surface area contributed by atoms with Crippen LogP contribution in [0.25, 0.3) is 0 Å². The van der Waals surface area contributed by atoms with Crippen LogP contribution in [0.5, 0.6) is 17.4 Å². The van der Waals surface area contributed by atoms with Crippen molar-refractivity contribution in [1.82, 2.24) is 4.98 Å². The van der Waals surface area contributed by atoms with E-state index in [0.717, 1.165) is 6.07 Å². The fourth-order valence-corrected chi connectivity index (χ4v) is 1.46. The Morgan fingerprint density at radius 1 is 1.00 bits per heavy atom. The molecule has 0 fully saturated rings. The number of ether oxygens (including phenoxy) is 2. The Labute approximate surface area is 112 Å². The minimum atomic E-state index is -4.81. The first-order chi connectivity index (χ1) is 9.48. The summed E-state index contributed by atoms with van der Waals surface area (Å²) in [5, 5.41) is 8.94. The number of aliphatic hydroxyl groups excluding tert-OH is 1. The van der Waals surface area contributed by atoms with E-state index in [2.05, 4.69) is 9.72 Å². The Bertz CT molecular complexity index is 587. The second-order valence-electron chi connectivity index (χ2n) is 3.72. The molecule has 1 N–H and O–H groups in total. The minimum absolute atomic E-state index is 0.0646. The number of rotatable bonds is 4. The molecule has 0 unspecified atom stereocenters. The number of aromatic nitrogens is 1. The summed E-state index contributed by atoms with van der Waals surface area (Å²) in [6.45, 7) is -0.294. The molecule has 2 rings (SSSR count). The fraction of sp³-hybridized carbons (Fsp3) is 0.154. The number of alkyl halides is 3. The van der Waals surface area contributed by atoms with Crippen LogP contribution in [0.2, 0.25) is 0 Å². The van der Waals surface area contributed by atoms with Crippen molar-refractivity contribution in [2.75, 3.05) is 0 Å². The molecule has 2 aromatic rings. The Morgan fingerprint density at radius 3 is 2.35 bits per heavy atom. The van der Waals surface area contributed by atoms with Gasteiger partial charge in [-0.15, -0.1) is 13.2 Å². The second-order valence-corrected chi connectivity index (χ2v) is 3.72. The summed E-state index contributed by atoms with van der Waals surface area (Å²) in [5.74, 6) is -0.515. The second kappa shape index (κ2) is 5.79. The number of benzene rings is 1. The maximum Gasteiger partial charge on any atom is 0.573 e. The lowest BCUT2D eigenvalue weighted by atomic mass is 10.3. The zero-order valence-electron chi connectivity index (χ0n) is 10.1. The van der Waals surface area contributed by atoms with E-state index in [0.29, 0.717) is 5.69 Å². The summed E-state index contributed by atoms with van der Waals surface area (Å²) in [5.41, 5.74) is 0.344. The van der Waals surface area contributed by atoms with E-state index in [9.17, 15) is 13.2 Å². The molecule has 7 heteroatoms. The van der Waals surface area contributed by atoms with Gasteiger partial charge in [-0.25, -0.2) is 4.98 Å². The molecule has 106 valence electrons. The minimum Gasteiger partial charge on any atom is -0.435 e. The molecule has 1 aromatic carbocycles. The standard InChI is InChI=1S/C13H10F3NO3/c14-13(15,16)20-11-6-2-1-5-10(11)19-12-7-3-4-9(8-18)17-12/h1-7,18H,8H2. The van der Waals surface area contributed by atoms with Crippen LogP contribution in [0.1, 0.15) is 5.69 Å². The summed E-state index contributed by atoms with van der Waals surface area (Å²) in [7, 11) is 0. The monoisotopic (exact) mass is 285 g/mol. The lowest BCUT2D eigenvalue weighted by molar-refractivity contribution is -0.275. The third-order valence-electron chi connectivity index (χ3n) is 2.23. The van der Waals surface area contributed by atoms with Crippen LogP contribution in [-0.2, 0) is 6.61 Å². The van der Waals surface area contributed by atoms with Crippen molar-refractivity contribution in [1.29, 1.82) is 0 Å². The lowest BCUT2D eigenvalue weighted by Gasteiger charge is -2.13. The van der Waals surface area contributed by atoms with E-state index in [1.165, 1.54) is 24.3 Å². The third kappa shape index (κ3) is 3.86. The predicted molar refractivity (Wildman–Crippen MR) is 63.4 cm³/mol. The van der Waals surface area contributed by atoms with Crippen molar-refractivity contribution in [3.8, 4) is 17.4 Å². The first-order valence-corrected chi connectivity index (χ1v) is 5.57. The molecule has 0 amide bonds. The summed E-state index contributed by atoms with van der Waals surface area (Å²) in [6, 6.07) is 9.96. The maximum absolute atomic E-state index is 12.3. The molecule has 0 aliphatic carbocycles. The molecule has 0 radical (unpaired) electrons. The summed E-state index contributed by atoms with van der Waals surface area (Å²) >= 11 is 0. The van der Waals surface area contributed by atoms with Crippen LogP contribution in [0.4, 0.5) is 13.2 Å². The van der Waals surface area contributed by atoms with Gasteiger partial charge in [-0.3, -0.25) is 0 Å². The van der Waals surface area contributed by atoms with Gasteiger partial charge in [-0.2, -0.15) is 0 Å². The molecule has 4 nitrogen and oxygen atoms in total. The molecule has 0 aliphatic rings. The molecule has 0 atom stereocenters. The largest absolute Gasteiger partial charge is 0.573 e. The van der Waals surface area contributed by atoms with Gasteiger partial charge in [0.15, 0.2) is 11.5 Å². The van der Waals surface area contributed by atoms with Crippen molar-refractivity contribution in [3.63, 3.8) is 0 Å². The maximum atomic E-state index is 12.3. The molecule has 0 saturated carbocycles. The number of nitrogens with zero attached hydrogens (tertiary/aromatic N) is 1. The van der Waals surface area contributed by atoms with Gasteiger partial charge in [0.2, 0.25) is 5.88 Å². The molecular formula is C13H10F3NO3. The van der Waals surface area contributed by atoms with Crippen molar-refractivity contribution >= 4 is 0 Å². The molecule has 1 heterocycles. The van der Waals surface area contributed by atoms with Gasteiger partial charge in [0, 0.05) is 6.07 Å². The van der Waals surface area contributed by atoms with Crippen molar-refractivity contribution < 1.29 is 27.8 Å². The van der Waals surface area contributed by atoms with Crippen molar-refractivity contribution in [3.05, 3.63) is 48.2 Å². The predicted octanol–water partition coefficient (Wildman–Crippen LogP) is 3.26. The SMILES string of the molecule is OCc1cccc(Oc2ccccc2OC(F)(F)F)n1. The summed E-state index contributed by atoms with van der Waals surface area (Å²) in [6.07, 6.45) is -4.81. The summed E-state index contributed by atoms with van der Waals surface area (Å²) < 4.78 is 45.9. The number of para-hydroxylation sites is 2. The third-order valence-corrected chi connectivity index (χ3v) is 2.23. The van der Waals surface area contributed by atoms with Gasteiger partial charge >= 0.3 is 6.36 Å². The van der Waals surface area contributed by atoms with E-state index in [1.54, 1.807) is 12.1 Å². The number of pyridine rings is 1. The lowest BCUT2D eigenvalue weighted by Crippen LogP contribution is -2.17. The Hall–Kier alpha value is -2.28. The smallest absolute Gasteiger partial charge is 0.435 e. The Balaban J connectivity index is 2.24. The van der Waals surface area contributed by atoms with E-state index in [-0.39, 0.29) is 18.2 Å². The average molecular weight is 285 g/mol. The molecule has 0 saturated heterocycles. The van der Waals surface area contributed by atoms with Gasteiger partial charge in [-0.05, 0) is 18.2 Å². The number of hydrogen-bond acceptors (Lipinski definition) is 4. The van der Waals surface area contributed by atoms with Crippen LogP contribution >= 0.6 is 0 Å². The van der Waals surface area contributed by atoms with E-state index < -0.39 is 12.1 Å². The molecule has 0 aliphatic heterocycles. The highest BCUT2D eigenvalue weighted by Gasteiger charge is 2.32. The van der Waals surface area contributed by atoms with Crippen LogP contribution in [0, 0.1) is 0 Å². The van der Waals surface area contributed by atoms with Gasteiger partial charge in [0.05, 0.1) is 12.3 Å². The van der Waals surface area contributed by atoms with Gasteiger partial charge in [0.1, 0.15) is 0 Å². The Morgan fingerprint density at radius 2 is 1.70 bits per heavy atom. The topological polar surface area (TPSA) is 51.6 Å². The highest BCUT2D eigenvalue weighted by atomic mass is 19.4.